The van der Waals surface area contributed by atoms with Crippen LogP contribution in [0.4, 0.5) is 13.2 Å². The highest BCUT2D eigenvalue weighted by atomic mass is 19.4. The van der Waals surface area contributed by atoms with Crippen LogP contribution in [0, 0.1) is 5.92 Å². The highest BCUT2D eigenvalue weighted by Crippen LogP contribution is 2.57. The molecule has 144 valence electrons. The van der Waals surface area contributed by atoms with Crippen LogP contribution in [-0.4, -0.2) is 22.0 Å². The Balaban J connectivity index is 1.79. The predicted octanol–water partition coefficient (Wildman–Crippen LogP) is 4.91. The molecule has 2 aromatic carbocycles. The van der Waals surface area contributed by atoms with Gasteiger partial charge in [-0.2, -0.15) is 13.2 Å². The zero-order chi connectivity index (χ0) is 19.3. The fraction of sp³-hybridized carbons (Fsp3) is 0.455. The number of aryl methyl sites for hydroxylation is 1. The SMILES string of the molecule is Oc1ccc2c(c1)CC[C@H]1CC(O)(C(F)(F)F)CC[C@@]21Cc1ccccc1. The fourth-order valence-corrected chi connectivity index (χ4v) is 5.22. The summed E-state index contributed by atoms with van der Waals surface area (Å²) in [7, 11) is 0. The van der Waals surface area contributed by atoms with Crippen molar-refractivity contribution in [2.45, 2.75) is 55.7 Å². The summed E-state index contributed by atoms with van der Waals surface area (Å²) in [6, 6.07) is 15.1. The van der Waals surface area contributed by atoms with E-state index in [0.717, 1.165) is 16.7 Å². The largest absolute Gasteiger partial charge is 0.508 e. The molecule has 0 radical (unpaired) electrons. The molecule has 2 aliphatic carbocycles. The summed E-state index contributed by atoms with van der Waals surface area (Å²) in [5, 5.41) is 20.2. The summed E-state index contributed by atoms with van der Waals surface area (Å²) in [4.78, 5) is 0. The first-order chi connectivity index (χ1) is 12.7. The molecule has 0 saturated heterocycles. The van der Waals surface area contributed by atoms with E-state index in [1.165, 1.54) is 0 Å². The van der Waals surface area contributed by atoms with E-state index in [4.69, 9.17) is 0 Å². The summed E-state index contributed by atoms with van der Waals surface area (Å²) in [6.45, 7) is 0. The lowest BCUT2D eigenvalue weighted by Crippen LogP contribution is -2.56. The van der Waals surface area contributed by atoms with Crippen LogP contribution in [0.25, 0.3) is 0 Å². The second kappa shape index (κ2) is 6.26. The van der Waals surface area contributed by atoms with Crippen molar-refractivity contribution < 1.29 is 23.4 Å². The van der Waals surface area contributed by atoms with Gasteiger partial charge >= 0.3 is 6.18 Å². The van der Waals surface area contributed by atoms with Crippen molar-refractivity contribution in [2.75, 3.05) is 0 Å². The molecule has 5 heteroatoms. The first kappa shape index (κ1) is 18.4. The number of aromatic hydroxyl groups is 1. The molecule has 0 bridgehead atoms. The molecule has 3 atom stereocenters. The lowest BCUT2D eigenvalue weighted by atomic mass is 9.52. The lowest BCUT2D eigenvalue weighted by Gasteiger charge is -2.53. The van der Waals surface area contributed by atoms with Crippen LogP contribution in [-0.2, 0) is 18.3 Å². The van der Waals surface area contributed by atoms with Crippen LogP contribution in [0.2, 0.25) is 0 Å². The molecule has 1 saturated carbocycles. The molecule has 0 aliphatic heterocycles. The first-order valence-electron chi connectivity index (χ1n) is 9.39. The van der Waals surface area contributed by atoms with E-state index in [-0.39, 0.29) is 30.9 Å². The van der Waals surface area contributed by atoms with E-state index in [0.29, 0.717) is 19.3 Å². The Bertz CT molecular complexity index is 833. The minimum Gasteiger partial charge on any atom is -0.508 e. The van der Waals surface area contributed by atoms with Gasteiger partial charge in [-0.1, -0.05) is 36.4 Å². The molecular weight excluding hydrogens is 353 g/mol. The lowest BCUT2D eigenvalue weighted by molar-refractivity contribution is -0.279. The minimum absolute atomic E-state index is 0.185. The number of alkyl halides is 3. The van der Waals surface area contributed by atoms with Gasteiger partial charge in [-0.25, -0.2) is 0 Å². The fourth-order valence-electron chi connectivity index (χ4n) is 5.22. The number of benzene rings is 2. The topological polar surface area (TPSA) is 40.5 Å². The van der Waals surface area contributed by atoms with Crippen LogP contribution in [0.3, 0.4) is 0 Å². The Hall–Kier alpha value is -2.01. The zero-order valence-electron chi connectivity index (χ0n) is 15.0. The summed E-state index contributed by atoms with van der Waals surface area (Å²) < 4.78 is 40.5. The highest BCUT2D eigenvalue weighted by molar-refractivity contribution is 5.44. The third-order valence-electron chi connectivity index (χ3n) is 6.63. The van der Waals surface area contributed by atoms with Gasteiger partial charge in [0.05, 0.1) is 0 Å². The van der Waals surface area contributed by atoms with Gasteiger partial charge < -0.3 is 10.2 Å². The van der Waals surface area contributed by atoms with Crippen LogP contribution in [0.5, 0.6) is 5.75 Å². The Labute approximate surface area is 156 Å². The van der Waals surface area contributed by atoms with Crippen molar-refractivity contribution in [1.82, 2.24) is 0 Å². The molecule has 2 aliphatic rings. The monoisotopic (exact) mass is 376 g/mol. The number of phenolic OH excluding ortho intramolecular Hbond substituents is 1. The molecule has 0 spiro atoms. The smallest absolute Gasteiger partial charge is 0.417 e. The molecule has 0 aromatic heterocycles. The maximum absolute atomic E-state index is 13.5. The van der Waals surface area contributed by atoms with E-state index in [1.54, 1.807) is 12.1 Å². The number of halogens is 3. The van der Waals surface area contributed by atoms with Gasteiger partial charge in [0, 0.05) is 5.41 Å². The average Bonchev–Trinajstić information content (AvgIpc) is 2.62. The van der Waals surface area contributed by atoms with E-state index in [2.05, 4.69) is 0 Å². The molecule has 1 fully saturated rings. The molecule has 1 unspecified atom stereocenters. The van der Waals surface area contributed by atoms with Gasteiger partial charge in [-0.3, -0.25) is 0 Å². The summed E-state index contributed by atoms with van der Waals surface area (Å²) in [5.74, 6) is -0.0696. The van der Waals surface area contributed by atoms with E-state index in [9.17, 15) is 23.4 Å². The molecule has 2 nitrogen and oxygen atoms in total. The second-order valence-corrected chi connectivity index (χ2v) is 8.13. The van der Waals surface area contributed by atoms with Crippen LogP contribution in [0.15, 0.2) is 48.5 Å². The Kier molecular flexibility index (Phi) is 4.26. The predicted molar refractivity (Wildman–Crippen MR) is 96.6 cm³/mol. The number of hydrogen-bond donors (Lipinski definition) is 2. The quantitative estimate of drug-likeness (QED) is 0.782. The van der Waals surface area contributed by atoms with Gasteiger partial charge in [-0.05, 0) is 73.3 Å². The van der Waals surface area contributed by atoms with Gasteiger partial charge in [-0.15, -0.1) is 0 Å². The maximum Gasteiger partial charge on any atom is 0.417 e. The molecule has 0 amide bonds. The summed E-state index contributed by atoms with van der Waals surface area (Å²) >= 11 is 0. The Morgan fingerprint density at radius 1 is 1.04 bits per heavy atom. The molecular formula is C22H23F3O2. The van der Waals surface area contributed by atoms with Crippen molar-refractivity contribution in [3.05, 3.63) is 65.2 Å². The number of phenols is 1. The average molecular weight is 376 g/mol. The van der Waals surface area contributed by atoms with Crippen LogP contribution in [0.1, 0.15) is 42.4 Å². The first-order valence-corrected chi connectivity index (χ1v) is 9.39. The van der Waals surface area contributed by atoms with Crippen molar-refractivity contribution >= 4 is 0 Å². The maximum atomic E-state index is 13.5. The zero-order valence-corrected chi connectivity index (χ0v) is 15.0. The molecule has 0 heterocycles. The molecule has 2 aromatic rings. The van der Waals surface area contributed by atoms with Gasteiger partial charge in [0.2, 0.25) is 0 Å². The number of rotatable bonds is 2. The van der Waals surface area contributed by atoms with Crippen LogP contribution < -0.4 is 0 Å². The molecule has 2 N–H and O–H groups in total. The standard InChI is InChI=1S/C22H23F3O2/c23-22(24,25)21(27)11-10-20(13-15-4-2-1-3-5-15)17(14-21)7-6-16-12-18(26)8-9-19(16)20/h1-5,8-9,12,17,26-27H,6-7,10-11,13-14H2/t17-,20-,21?/m0/s1. The van der Waals surface area contributed by atoms with Crippen molar-refractivity contribution in [2.24, 2.45) is 5.92 Å². The summed E-state index contributed by atoms with van der Waals surface area (Å²) in [5.41, 5.74) is 0.0805. The normalized spacial score (nSPS) is 30.4. The van der Waals surface area contributed by atoms with E-state index >= 15 is 0 Å². The number of aliphatic hydroxyl groups is 1. The summed E-state index contributed by atoms with van der Waals surface area (Å²) in [6.07, 6.45) is -3.03. The van der Waals surface area contributed by atoms with E-state index in [1.807, 2.05) is 36.4 Å². The minimum atomic E-state index is -4.61. The van der Waals surface area contributed by atoms with Gasteiger partial charge in [0.1, 0.15) is 5.75 Å². The second-order valence-electron chi connectivity index (χ2n) is 8.13. The van der Waals surface area contributed by atoms with Crippen molar-refractivity contribution in [3.63, 3.8) is 0 Å². The third kappa shape index (κ3) is 3.02. The van der Waals surface area contributed by atoms with Crippen LogP contribution >= 0.6 is 0 Å². The molecule has 27 heavy (non-hydrogen) atoms. The van der Waals surface area contributed by atoms with Crippen molar-refractivity contribution in [3.8, 4) is 5.75 Å². The Morgan fingerprint density at radius 2 is 1.78 bits per heavy atom. The number of hydrogen-bond acceptors (Lipinski definition) is 2. The Morgan fingerprint density at radius 3 is 2.48 bits per heavy atom. The number of fused-ring (bicyclic) bond motifs is 3. The molecule has 4 rings (SSSR count). The third-order valence-corrected chi connectivity index (χ3v) is 6.63. The van der Waals surface area contributed by atoms with E-state index < -0.39 is 17.2 Å². The van der Waals surface area contributed by atoms with Gasteiger partial charge in [0.25, 0.3) is 0 Å². The van der Waals surface area contributed by atoms with Crippen molar-refractivity contribution in [1.29, 1.82) is 0 Å². The van der Waals surface area contributed by atoms with Gasteiger partial charge in [0.15, 0.2) is 5.60 Å². The highest BCUT2D eigenvalue weighted by Gasteiger charge is 2.61.